The van der Waals surface area contributed by atoms with Crippen molar-refractivity contribution in [3.05, 3.63) is 64.6 Å². The number of hydrogen-bond acceptors (Lipinski definition) is 5. The topological polar surface area (TPSA) is 57.6 Å². The molecule has 34 heavy (non-hydrogen) atoms. The summed E-state index contributed by atoms with van der Waals surface area (Å²) in [7, 11) is 0. The van der Waals surface area contributed by atoms with Crippen LogP contribution in [0.1, 0.15) is 35.3 Å². The maximum atomic E-state index is 14.3. The van der Waals surface area contributed by atoms with Crippen molar-refractivity contribution in [3.63, 3.8) is 0 Å². The van der Waals surface area contributed by atoms with E-state index in [0.29, 0.717) is 6.42 Å². The number of amides is 1. The second kappa shape index (κ2) is 10.9. The zero-order valence-electron chi connectivity index (χ0n) is 18.9. The van der Waals surface area contributed by atoms with E-state index in [2.05, 4.69) is 22.0 Å². The summed E-state index contributed by atoms with van der Waals surface area (Å²) in [6.45, 7) is 6.26. The fourth-order valence-corrected chi connectivity index (χ4v) is 4.54. The van der Waals surface area contributed by atoms with Crippen LogP contribution in [-0.2, 0) is 0 Å². The number of piperidine rings is 1. The van der Waals surface area contributed by atoms with Gasteiger partial charge in [0, 0.05) is 18.2 Å². The van der Waals surface area contributed by atoms with Crippen LogP contribution in [0.25, 0.3) is 10.4 Å². The van der Waals surface area contributed by atoms with Crippen LogP contribution in [0.3, 0.4) is 0 Å². The molecule has 1 aliphatic rings. The van der Waals surface area contributed by atoms with Gasteiger partial charge in [-0.2, -0.15) is 13.2 Å². The molecule has 0 aliphatic carbocycles. The van der Waals surface area contributed by atoms with Crippen molar-refractivity contribution in [1.82, 2.24) is 15.2 Å². The number of likely N-dealkylation sites (tertiary alicyclic amines) is 1. The minimum absolute atomic E-state index is 0.0797. The highest BCUT2D eigenvalue weighted by atomic mass is 32.1. The minimum atomic E-state index is -4.44. The van der Waals surface area contributed by atoms with E-state index in [1.54, 1.807) is 0 Å². The van der Waals surface area contributed by atoms with Gasteiger partial charge in [0.2, 0.25) is 0 Å². The first-order valence-electron chi connectivity index (χ1n) is 10.7. The Labute approximate surface area is 199 Å². The Balaban J connectivity index is 1.81. The largest absolute Gasteiger partial charge is 0.412 e. The molecular formula is C24H26F4N4OS. The lowest BCUT2D eigenvalue weighted by Gasteiger charge is -2.37. The molecule has 182 valence electrons. The van der Waals surface area contributed by atoms with Crippen LogP contribution < -0.4 is 5.32 Å². The van der Waals surface area contributed by atoms with E-state index in [-0.39, 0.29) is 43.0 Å². The molecule has 0 bridgehead atoms. The first-order chi connectivity index (χ1) is 16.1. The maximum absolute atomic E-state index is 14.3. The van der Waals surface area contributed by atoms with Gasteiger partial charge in [-0.15, -0.1) is 11.3 Å². The average Bonchev–Trinajstić information content (AvgIpc) is 3.20. The number of aromatic nitrogens is 1. The third-order valence-electron chi connectivity index (χ3n) is 5.51. The van der Waals surface area contributed by atoms with Crippen molar-refractivity contribution < 1.29 is 22.4 Å². The molecule has 1 aromatic heterocycles. The van der Waals surface area contributed by atoms with Gasteiger partial charge in [0.25, 0.3) is 5.91 Å². The smallest absolute Gasteiger partial charge is 0.368 e. The Bertz CT molecular complexity index is 1080. The molecular weight excluding hydrogens is 468 g/mol. The summed E-state index contributed by atoms with van der Waals surface area (Å²) >= 11 is 1.40. The number of allylic oxidation sites excluding steroid dienone is 3. The summed E-state index contributed by atoms with van der Waals surface area (Å²) in [5, 5.41) is 3.66. The molecule has 2 heterocycles. The molecule has 1 N–H and O–H groups in total. The molecule has 0 radical (unpaired) electrons. The molecule has 1 aliphatic heterocycles. The van der Waals surface area contributed by atoms with E-state index in [1.165, 1.54) is 22.3 Å². The number of rotatable bonds is 7. The van der Waals surface area contributed by atoms with Gasteiger partial charge < -0.3 is 10.2 Å². The fraction of sp³-hybridized carbons (Fsp3) is 0.375. The van der Waals surface area contributed by atoms with Crippen molar-refractivity contribution in [1.29, 1.82) is 0 Å². The lowest BCUT2D eigenvalue weighted by atomic mass is 9.99. The number of nitrogens with zero attached hydrogens (tertiary/aromatic N) is 3. The number of alkyl halides is 4. The van der Waals surface area contributed by atoms with E-state index in [1.807, 2.05) is 37.3 Å². The molecule has 3 rings (SSSR count). The number of aliphatic imine (C=N–C) groups is 1. The van der Waals surface area contributed by atoms with E-state index in [4.69, 9.17) is 0 Å². The number of carbonyl (C=O) groups is 1. The molecule has 1 saturated heterocycles. The SMILES string of the molecule is C=N/C(=C\C=C(/C)C(F)(F)F)NCC1CCC(F)CN1C(=O)c1nc(C)sc1-c1ccccc1. The van der Waals surface area contributed by atoms with Gasteiger partial charge in [0.05, 0.1) is 16.4 Å². The predicted octanol–water partition coefficient (Wildman–Crippen LogP) is 5.70. The highest BCUT2D eigenvalue weighted by Gasteiger charge is 2.34. The predicted molar refractivity (Wildman–Crippen MR) is 127 cm³/mol. The van der Waals surface area contributed by atoms with Crippen molar-refractivity contribution in [3.8, 4) is 10.4 Å². The van der Waals surface area contributed by atoms with Crippen LogP contribution in [0.2, 0.25) is 0 Å². The molecule has 1 aromatic carbocycles. The van der Waals surface area contributed by atoms with Gasteiger partial charge in [-0.1, -0.05) is 36.4 Å². The molecule has 2 aromatic rings. The second-order valence-electron chi connectivity index (χ2n) is 8.00. The Morgan fingerprint density at radius 2 is 2.00 bits per heavy atom. The molecule has 2 unspecified atom stereocenters. The standard InChI is InChI=1S/C24H26F4N4OS/c1-15(24(26,27)28)9-12-20(29-3)30-13-19-11-10-18(25)14-32(19)23(33)21-22(34-16(2)31-21)17-7-5-4-6-8-17/h4-9,12,18-19,30H,3,10-11,13-14H2,1-2H3/b15-9+,20-12+. The van der Waals surface area contributed by atoms with Crippen molar-refractivity contribution in [2.75, 3.05) is 13.1 Å². The molecule has 0 saturated carbocycles. The summed E-state index contributed by atoms with van der Waals surface area (Å²) in [4.78, 5) is 23.8. The number of aryl methyl sites for hydroxylation is 1. The summed E-state index contributed by atoms with van der Waals surface area (Å²) in [6, 6.07) is 9.01. The number of thiazole rings is 1. The molecule has 2 atom stereocenters. The molecule has 1 amide bonds. The van der Waals surface area contributed by atoms with E-state index >= 15 is 0 Å². The summed E-state index contributed by atoms with van der Waals surface area (Å²) in [5.41, 5.74) is 0.347. The van der Waals surface area contributed by atoms with Gasteiger partial charge in [-0.25, -0.2) is 14.4 Å². The first kappa shape index (κ1) is 25.6. The number of carbonyl (C=O) groups excluding carboxylic acids is 1. The first-order valence-corrected chi connectivity index (χ1v) is 11.6. The molecule has 10 heteroatoms. The Morgan fingerprint density at radius 1 is 1.29 bits per heavy atom. The van der Waals surface area contributed by atoms with Crippen molar-refractivity contribution in [2.45, 2.75) is 45.1 Å². The second-order valence-corrected chi connectivity index (χ2v) is 9.20. The zero-order chi connectivity index (χ0) is 24.9. The maximum Gasteiger partial charge on any atom is 0.412 e. The molecule has 0 spiro atoms. The normalized spacial score (nSPS) is 19.8. The van der Waals surface area contributed by atoms with Crippen LogP contribution in [0.15, 0.2) is 58.9 Å². The zero-order valence-corrected chi connectivity index (χ0v) is 19.7. The average molecular weight is 495 g/mol. The Kier molecular flexibility index (Phi) is 8.24. The lowest BCUT2D eigenvalue weighted by molar-refractivity contribution is -0.0913. The lowest BCUT2D eigenvalue weighted by Crippen LogP contribution is -2.51. The number of nitrogens with one attached hydrogen (secondary N) is 1. The Hall–Kier alpha value is -3.01. The third kappa shape index (κ3) is 6.31. The molecule has 1 fully saturated rings. The van der Waals surface area contributed by atoms with Crippen molar-refractivity contribution >= 4 is 24.0 Å². The monoisotopic (exact) mass is 494 g/mol. The number of benzene rings is 1. The van der Waals surface area contributed by atoms with Crippen LogP contribution >= 0.6 is 11.3 Å². The van der Waals surface area contributed by atoms with E-state index < -0.39 is 17.9 Å². The molecule has 5 nitrogen and oxygen atoms in total. The van der Waals surface area contributed by atoms with Gasteiger partial charge in [0.1, 0.15) is 17.7 Å². The summed E-state index contributed by atoms with van der Waals surface area (Å²) in [6.07, 6.45) is -2.84. The van der Waals surface area contributed by atoms with E-state index in [0.717, 1.165) is 28.4 Å². The highest BCUT2D eigenvalue weighted by Crippen LogP contribution is 2.32. The van der Waals surface area contributed by atoms with Crippen LogP contribution in [0.4, 0.5) is 17.6 Å². The van der Waals surface area contributed by atoms with Gasteiger partial charge in [0.15, 0.2) is 0 Å². The third-order valence-corrected chi connectivity index (χ3v) is 6.53. The minimum Gasteiger partial charge on any atom is -0.368 e. The summed E-state index contributed by atoms with van der Waals surface area (Å²) < 4.78 is 52.5. The Morgan fingerprint density at radius 3 is 2.65 bits per heavy atom. The fourth-order valence-electron chi connectivity index (χ4n) is 3.63. The van der Waals surface area contributed by atoms with Crippen LogP contribution in [0.5, 0.6) is 0 Å². The number of halogens is 4. The number of hydrogen-bond donors (Lipinski definition) is 1. The van der Waals surface area contributed by atoms with Gasteiger partial charge in [-0.3, -0.25) is 4.79 Å². The van der Waals surface area contributed by atoms with E-state index in [9.17, 15) is 22.4 Å². The highest BCUT2D eigenvalue weighted by molar-refractivity contribution is 7.15. The summed E-state index contributed by atoms with van der Waals surface area (Å²) in [5.74, 6) is -0.241. The van der Waals surface area contributed by atoms with Crippen LogP contribution in [-0.4, -0.2) is 54.0 Å². The van der Waals surface area contributed by atoms with Crippen molar-refractivity contribution in [2.24, 2.45) is 4.99 Å². The van der Waals surface area contributed by atoms with Crippen LogP contribution in [0, 0.1) is 6.92 Å². The van der Waals surface area contributed by atoms with Gasteiger partial charge >= 0.3 is 6.18 Å². The van der Waals surface area contributed by atoms with Gasteiger partial charge in [-0.05, 0) is 45.0 Å². The quantitative estimate of drug-likeness (QED) is 0.305.